The highest BCUT2D eigenvalue weighted by Crippen LogP contribution is 2.42. The standard InChI is InChI=1S/C18H30O.CH3.Al/c1-16(2,3)12-10-13(17(4,5)6)15(19)14(11-12)18(7,8)9;;/h10-11,19H,1-9H3;1H3;/q;;+1/p-1. The van der Waals surface area contributed by atoms with Gasteiger partial charge >= 0.3 is 15.6 Å². The lowest BCUT2D eigenvalue weighted by molar-refractivity contribution is 0.488. The number of benzene rings is 1. The fourth-order valence-electron chi connectivity index (χ4n) is 2.42. The lowest BCUT2D eigenvalue weighted by Gasteiger charge is -2.33. The summed E-state index contributed by atoms with van der Waals surface area (Å²) in [4.78, 5) is 0. The molecule has 0 saturated carbocycles. The summed E-state index contributed by atoms with van der Waals surface area (Å²) in [6.07, 6.45) is 0. The summed E-state index contributed by atoms with van der Waals surface area (Å²) < 4.78 is 6.17. The molecule has 1 aromatic carbocycles. The number of hydrogen-bond donors (Lipinski definition) is 0. The van der Waals surface area contributed by atoms with Gasteiger partial charge in [-0.05, 0) is 32.9 Å². The fraction of sp³-hybridized carbons (Fsp3) is 0.684. The summed E-state index contributed by atoms with van der Waals surface area (Å²) >= 11 is -0.00993. The Kier molecular flexibility index (Phi) is 5.30. The van der Waals surface area contributed by atoms with E-state index >= 15 is 0 Å². The molecule has 0 heterocycles. The predicted octanol–water partition coefficient (Wildman–Crippen LogP) is 5.63. The van der Waals surface area contributed by atoms with E-state index in [1.165, 1.54) is 16.7 Å². The second kappa shape index (κ2) is 5.98. The highest BCUT2D eigenvalue weighted by Gasteiger charge is 2.29. The van der Waals surface area contributed by atoms with Crippen LogP contribution in [0.25, 0.3) is 0 Å². The van der Waals surface area contributed by atoms with Gasteiger partial charge in [-0.1, -0.05) is 80.2 Å². The van der Waals surface area contributed by atoms with Gasteiger partial charge < -0.3 is 3.79 Å². The fourth-order valence-corrected chi connectivity index (χ4v) is 2.91. The van der Waals surface area contributed by atoms with Gasteiger partial charge in [-0.3, -0.25) is 0 Å². The maximum atomic E-state index is 6.17. The molecule has 0 aliphatic heterocycles. The topological polar surface area (TPSA) is 9.23 Å². The maximum Gasteiger partial charge on any atom is 0.519 e. The lowest BCUT2D eigenvalue weighted by atomic mass is 9.75. The third-order valence-corrected chi connectivity index (χ3v) is 4.28. The molecule has 0 fully saturated rings. The minimum atomic E-state index is -0.00993. The molecule has 0 bridgehead atoms. The van der Waals surface area contributed by atoms with Crippen LogP contribution in [0.5, 0.6) is 5.75 Å². The van der Waals surface area contributed by atoms with Gasteiger partial charge in [0.2, 0.25) is 0 Å². The van der Waals surface area contributed by atoms with Crippen LogP contribution in [0.1, 0.15) is 79.0 Å². The first-order valence-corrected chi connectivity index (χ1v) is 9.55. The van der Waals surface area contributed by atoms with Crippen molar-refractivity contribution in [1.82, 2.24) is 0 Å². The highest BCUT2D eigenvalue weighted by atomic mass is 27.1. The van der Waals surface area contributed by atoms with Gasteiger partial charge in [0.05, 0.1) is 5.75 Å². The Hall–Kier alpha value is -0.448. The van der Waals surface area contributed by atoms with Crippen molar-refractivity contribution in [2.75, 3.05) is 0 Å². The average Bonchev–Trinajstić information content (AvgIpc) is 2.24. The van der Waals surface area contributed by atoms with Gasteiger partial charge in [-0.25, -0.2) is 0 Å². The van der Waals surface area contributed by atoms with Crippen LogP contribution in [-0.2, 0) is 16.2 Å². The first-order chi connectivity index (χ1) is 9.28. The van der Waals surface area contributed by atoms with E-state index in [1.54, 1.807) is 0 Å². The van der Waals surface area contributed by atoms with Crippen molar-refractivity contribution >= 4 is 15.6 Å². The van der Waals surface area contributed by atoms with Crippen LogP contribution in [0.15, 0.2) is 12.1 Å². The van der Waals surface area contributed by atoms with Crippen LogP contribution in [-0.4, -0.2) is 15.6 Å². The van der Waals surface area contributed by atoms with Crippen LogP contribution in [0.2, 0.25) is 5.79 Å². The molecule has 0 aliphatic carbocycles. The molecule has 117 valence electrons. The molecule has 1 radical (unpaired) electrons. The molecule has 0 aliphatic rings. The Labute approximate surface area is 138 Å². The zero-order valence-corrected chi connectivity index (χ0v) is 16.8. The molecule has 1 rings (SSSR count). The minimum Gasteiger partial charge on any atom is -0.648 e. The molecule has 21 heavy (non-hydrogen) atoms. The van der Waals surface area contributed by atoms with E-state index < -0.39 is 0 Å². The molecule has 1 nitrogen and oxygen atoms in total. The van der Waals surface area contributed by atoms with Crippen molar-refractivity contribution in [3.05, 3.63) is 28.8 Å². The Morgan fingerprint density at radius 1 is 0.714 bits per heavy atom. The minimum absolute atomic E-state index is 0.00993. The van der Waals surface area contributed by atoms with Crippen LogP contribution >= 0.6 is 0 Å². The van der Waals surface area contributed by atoms with E-state index in [-0.39, 0.29) is 31.8 Å². The van der Waals surface area contributed by atoms with Crippen LogP contribution < -0.4 is 3.79 Å². The summed E-state index contributed by atoms with van der Waals surface area (Å²) in [5, 5.41) is 0. The van der Waals surface area contributed by atoms with Crippen molar-refractivity contribution in [2.45, 2.75) is 84.3 Å². The Morgan fingerprint density at radius 3 is 1.33 bits per heavy atom. The van der Waals surface area contributed by atoms with E-state index in [9.17, 15) is 0 Å². The van der Waals surface area contributed by atoms with Crippen molar-refractivity contribution < 1.29 is 3.79 Å². The molecular weight excluding hydrogens is 271 g/mol. The van der Waals surface area contributed by atoms with Crippen molar-refractivity contribution in [3.63, 3.8) is 0 Å². The summed E-state index contributed by atoms with van der Waals surface area (Å²) in [5.74, 6) is 3.27. The van der Waals surface area contributed by atoms with E-state index in [0.717, 1.165) is 5.75 Å². The second-order valence-corrected chi connectivity index (χ2v) is 9.71. The molecule has 0 saturated heterocycles. The van der Waals surface area contributed by atoms with E-state index in [2.05, 4.69) is 80.2 Å². The Bertz CT molecular complexity index is 461. The molecule has 0 spiro atoms. The zero-order valence-electron chi connectivity index (χ0n) is 15.6. The predicted molar refractivity (Wildman–Crippen MR) is 94.8 cm³/mol. The first-order valence-electron chi connectivity index (χ1n) is 7.92. The van der Waals surface area contributed by atoms with Gasteiger partial charge in [0.15, 0.2) is 0 Å². The van der Waals surface area contributed by atoms with Crippen LogP contribution in [0.4, 0.5) is 0 Å². The second-order valence-electron chi connectivity index (χ2n) is 9.00. The quantitative estimate of drug-likeness (QED) is 0.644. The van der Waals surface area contributed by atoms with Crippen LogP contribution in [0, 0.1) is 0 Å². The van der Waals surface area contributed by atoms with Crippen molar-refractivity contribution in [1.29, 1.82) is 0 Å². The smallest absolute Gasteiger partial charge is 0.519 e. The van der Waals surface area contributed by atoms with E-state index in [1.807, 2.05) is 0 Å². The van der Waals surface area contributed by atoms with Gasteiger partial charge in [-0.15, -0.1) is 0 Å². The molecule has 0 unspecified atom stereocenters. The van der Waals surface area contributed by atoms with Gasteiger partial charge in [0.1, 0.15) is 0 Å². The largest absolute Gasteiger partial charge is 0.648 e. The Morgan fingerprint density at radius 2 is 1.10 bits per heavy atom. The van der Waals surface area contributed by atoms with Crippen LogP contribution in [0.3, 0.4) is 0 Å². The summed E-state index contributed by atoms with van der Waals surface area (Å²) in [6.45, 7) is 20.5. The Balaban J connectivity index is 3.75. The van der Waals surface area contributed by atoms with Gasteiger partial charge in [-0.2, -0.15) is 0 Å². The van der Waals surface area contributed by atoms with Crippen molar-refractivity contribution in [3.8, 4) is 5.75 Å². The monoisotopic (exact) mass is 303 g/mol. The van der Waals surface area contributed by atoms with E-state index in [4.69, 9.17) is 3.79 Å². The average molecular weight is 303 g/mol. The third kappa shape index (κ3) is 4.51. The first kappa shape index (κ1) is 18.6. The SMILES string of the molecule is [CH3][Al][O]c1c(C(C)(C)C)cc(C(C)(C)C)cc1C(C)(C)C. The van der Waals surface area contributed by atoms with E-state index in [0.29, 0.717) is 0 Å². The zero-order chi connectivity index (χ0) is 16.6. The molecule has 0 N–H and O–H groups in total. The summed E-state index contributed by atoms with van der Waals surface area (Å²) in [5.41, 5.74) is 4.41. The molecule has 1 aromatic rings. The molecule has 0 amide bonds. The maximum absolute atomic E-state index is 6.17. The molecule has 2 heteroatoms. The normalized spacial score (nSPS) is 13.2. The number of hydrogen-bond acceptors (Lipinski definition) is 1. The molecular formula is C19H32AlO. The summed E-state index contributed by atoms with van der Waals surface area (Å²) in [6, 6.07) is 4.72. The highest BCUT2D eigenvalue weighted by molar-refractivity contribution is 6.26. The molecule has 0 aromatic heterocycles. The third-order valence-electron chi connectivity index (χ3n) is 3.81. The lowest BCUT2D eigenvalue weighted by Crippen LogP contribution is -2.23. The van der Waals surface area contributed by atoms with Gasteiger partial charge in [0, 0.05) is 0 Å². The summed E-state index contributed by atoms with van der Waals surface area (Å²) in [7, 11) is 0. The number of rotatable bonds is 2. The van der Waals surface area contributed by atoms with Gasteiger partial charge in [0.25, 0.3) is 0 Å². The van der Waals surface area contributed by atoms with Crippen molar-refractivity contribution in [2.24, 2.45) is 0 Å². The molecule has 0 atom stereocenters.